The van der Waals surface area contributed by atoms with Gasteiger partial charge in [-0.2, -0.15) is 0 Å². The molecule has 0 radical (unpaired) electrons. The topological polar surface area (TPSA) is 99.5 Å². The van der Waals surface area contributed by atoms with E-state index < -0.39 is 0 Å². The summed E-state index contributed by atoms with van der Waals surface area (Å²) in [5.74, 6) is 4.17. The maximum Gasteiger partial charge on any atom is 0.327 e. The number of aryl methyl sites for hydroxylation is 1. The summed E-state index contributed by atoms with van der Waals surface area (Å²) >= 11 is 0. The van der Waals surface area contributed by atoms with Crippen LogP contribution in [0.25, 0.3) is 11.5 Å². The number of H-pyrrole nitrogens is 1. The summed E-state index contributed by atoms with van der Waals surface area (Å²) in [6.07, 6.45) is 9.67. The van der Waals surface area contributed by atoms with Gasteiger partial charge in [0, 0.05) is 37.5 Å². The minimum Gasteiger partial charge on any atom is -0.375 e. The zero-order valence-corrected chi connectivity index (χ0v) is 19.9. The molecule has 4 rings (SSSR count). The van der Waals surface area contributed by atoms with Crippen molar-refractivity contribution < 1.29 is 12.2 Å². The maximum absolute atomic E-state index is 12.8. The van der Waals surface area contributed by atoms with Crippen LogP contribution in [-0.4, -0.2) is 26.1 Å². The smallest absolute Gasteiger partial charge is 0.327 e. The molecule has 8 nitrogen and oxygen atoms in total. The van der Waals surface area contributed by atoms with Crippen molar-refractivity contribution in [2.75, 3.05) is 5.32 Å². The lowest BCUT2D eigenvalue weighted by molar-refractivity contribution is -0.693. The van der Waals surface area contributed by atoms with Crippen LogP contribution in [0.15, 0.2) is 61.1 Å². The molecule has 3 N–H and O–H groups in total. The van der Waals surface area contributed by atoms with E-state index in [1.54, 1.807) is 12.3 Å². The first-order valence-corrected chi connectivity index (χ1v) is 11.5. The third-order valence-electron chi connectivity index (χ3n) is 5.67. The summed E-state index contributed by atoms with van der Waals surface area (Å²) < 4.78 is 2.11. The van der Waals surface area contributed by atoms with Crippen molar-refractivity contribution in [3.8, 4) is 23.9 Å². The average molecular weight is 503 g/mol. The number of carbonyl (C=O) groups is 1. The molecule has 2 heterocycles. The minimum absolute atomic E-state index is 0. The van der Waals surface area contributed by atoms with E-state index in [1.165, 1.54) is 6.33 Å². The van der Waals surface area contributed by atoms with Crippen molar-refractivity contribution in [2.45, 2.75) is 54.8 Å². The molecule has 2 aromatic heterocycles. The van der Waals surface area contributed by atoms with E-state index in [-0.39, 0.29) is 23.6 Å². The first kappa shape index (κ1) is 28.7. The van der Waals surface area contributed by atoms with E-state index in [2.05, 4.69) is 48.2 Å². The molecule has 0 aliphatic heterocycles. The molecule has 0 aliphatic rings. The van der Waals surface area contributed by atoms with Crippen LogP contribution in [0.5, 0.6) is 0 Å². The summed E-state index contributed by atoms with van der Waals surface area (Å²) in [4.78, 5) is 21.1. The van der Waals surface area contributed by atoms with Gasteiger partial charge in [0.15, 0.2) is 0 Å². The van der Waals surface area contributed by atoms with Gasteiger partial charge in [0.25, 0.3) is 11.7 Å². The molecular formula is C29H40N7O+. The van der Waals surface area contributed by atoms with Gasteiger partial charge in [-0.25, -0.2) is 14.5 Å². The standard InChI is InChI=1S/C27H27N7O.2CH4.2H2/c1-4-13-34-25(32-33-26(34)24-11-12-28-18-31-24)17-29-23-8-6-7-21(15-23)27(35)30-16-22-14-20(5-2)10-9-19(22)3;;;;/h2,6-12,14-15,18,29H,4,13,16-17H2,1,3H3,(H,30,35);2*1H4;2*1H/p+1. The highest BCUT2D eigenvalue weighted by Crippen LogP contribution is 2.14. The third-order valence-corrected chi connectivity index (χ3v) is 5.67. The molecule has 0 unspecified atom stereocenters. The van der Waals surface area contributed by atoms with Crippen molar-refractivity contribution in [3.63, 3.8) is 0 Å². The van der Waals surface area contributed by atoms with E-state index in [4.69, 9.17) is 6.42 Å². The minimum atomic E-state index is -0.146. The summed E-state index contributed by atoms with van der Waals surface area (Å²) in [6.45, 7) is 5.85. The van der Waals surface area contributed by atoms with Gasteiger partial charge in [-0.1, -0.05) is 39.8 Å². The molecule has 0 spiro atoms. The lowest BCUT2D eigenvalue weighted by atomic mass is 10.1. The maximum atomic E-state index is 12.8. The molecule has 4 aromatic rings. The number of carbonyl (C=O) groups excluding carboxylic acids is 1. The van der Waals surface area contributed by atoms with Crippen LogP contribution in [0.4, 0.5) is 5.69 Å². The fraction of sp³-hybridized carbons (Fsp3) is 0.276. The molecule has 8 heteroatoms. The summed E-state index contributed by atoms with van der Waals surface area (Å²) in [5, 5.41) is 14.0. The number of hydrogen-bond donors (Lipinski definition) is 3. The number of terminal acetylenes is 1. The van der Waals surface area contributed by atoms with Crippen molar-refractivity contribution >= 4 is 11.6 Å². The predicted octanol–water partition coefficient (Wildman–Crippen LogP) is 5.16. The second kappa shape index (κ2) is 13.5. The average Bonchev–Trinajstić information content (AvgIpc) is 3.30. The third kappa shape index (κ3) is 7.01. The zero-order valence-electron chi connectivity index (χ0n) is 19.9. The van der Waals surface area contributed by atoms with Crippen LogP contribution < -0.4 is 15.2 Å². The van der Waals surface area contributed by atoms with Gasteiger partial charge in [-0.15, -0.1) is 11.5 Å². The second-order valence-electron chi connectivity index (χ2n) is 8.14. The van der Waals surface area contributed by atoms with Crippen LogP contribution in [0.1, 0.15) is 63.9 Å². The predicted molar refractivity (Wildman–Crippen MR) is 152 cm³/mol. The molecule has 0 fully saturated rings. The van der Waals surface area contributed by atoms with Gasteiger partial charge in [-0.05, 0) is 60.9 Å². The molecule has 2 aromatic carbocycles. The molecule has 0 saturated carbocycles. The second-order valence-corrected chi connectivity index (χ2v) is 8.14. The number of aromatic nitrogens is 5. The number of rotatable bonds is 9. The number of nitrogens with one attached hydrogen (secondary N) is 3. The van der Waals surface area contributed by atoms with E-state index in [0.717, 1.165) is 52.7 Å². The fourth-order valence-corrected chi connectivity index (χ4v) is 3.77. The largest absolute Gasteiger partial charge is 0.375 e. The van der Waals surface area contributed by atoms with Crippen molar-refractivity contribution in [1.29, 1.82) is 0 Å². The molecule has 0 aliphatic carbocycles. The zero-order chi connectivity index (χ0) is 24.6. The summed E-state index contributed by atoms with van der Waals surface area (Å²) in [7, 11) is 0. The van der Waals surface area contributed by atoms with Crippen LogP contribution >= 0.6 is 0 Å². The molecule has 1 amide bonds. The van der Waals surface area contributed by atoms with E-state index in [0.29, 0.717) is 18.7 Å². The highest BCUT2D eigenvalue weighted by Gasteiger charge is 2.22. The highest BCUT2D eigenvalue weighted by atomic mass is 16.1. The van der Waals surface area contributed by atoms with Gasteiger partial charge in [0.05, 0.1) is 6.54 Å². The Morgan fingerprint density at radius 1 is 1.16 bits per heavy atom. The van der Waals surface area contributed by atoms with Gasteiger partial charge in [0.1, 0.15) is 18.6 Å². The molecule has 0 saturated heterocycles. The van der Waals surface area contributed by atoms with Crippen molar-refractivity contribution in [1.82, 2.24) is 25.5 Å². The van der Waals surface area contributed by atoms with Crippen LogP contribution in [0, 0.1) is 19.3 Å². The molecule has 196 valence electrons. The first-order chi connectivity index (χ1) is 17.1. The van der Waals surface area contributed by atoms with E-state index >= 15 is 0 Å². The fourth-order valence-electron chi connectivity index (χ4n) is 3.77. The molecular weight excluding hydrogens is 462 g/mol. The molecule has 0 atom stereocenters. The van der Waals surface area contributed by atoms with E-state index in [1.807, 2.05) is 49.4 Å². The molecule has 37 heavy (non-hydrogen) atoms. The van der Waals surface area contributed by atoms with E-state index in [9.17, 15) is 4.79 Å². The highest BCUT2D eigenvalue weighted by molar-refractivity contribution is 5.95. The normalized spacial score (nSPS) is 9.97. The monoisotopic (exact) mass is 502 g/mol. The summed E-state index contributed by atoms with van der Waals surface area (Å²) in [6, 6.07) is 15.1. The molecule has 0 bridgehead atoms. The Labute approximate surface area is 222 Å². The lowest BCUT2D eigenvalue weighted by Crippen LogP contribution is -2.39. The van der Waals surface area contributed by atoms with Gasteiger partial charge in [-0.3, -0.25) is 4.79 Å². The van der Waals surface area contributed by atoms with Crippen molar-refractivity contribution in [3.05, 3.63) is 89.1 Å². The Kier molecular flexibility index (Phi) is 10.5. The van der Waals surface area contributed by atoms with Crippen LogP contribution in [-0.2, 0) is 19.6 Å². The SMILES string of the molecule is C.C.C#Cc1ccc(C)c(CNC(=O)c2cccc(NCc3[nH]nc(-c4ccncn4)[n+]3CCC)c2)c1.[HH].[HH]. The van der Waals surface area contributed by atoms with Gasteiger partial charge in [0.2, 0.25) is 0 Å². The van der Waals surface area contributed by atoms with Crippen LogP contribution in [0.3, 0.4) is 0 Å². The number of nitrogens with zero attached hydrogens (tertiary/aromatic N) is 4. The Morgan fingerprint density at radius 2 is 2.00 bits per heavy atom. The Bertz CT molecular complexity index is 1370. The first-order valence-electron chi connectivity index (χ1n) is 11.5. The van der Waals surface area contributed by atoms with Gasteiger partial charge < -0.3 is 10.6 Å². The Hall–Kier alpha value is -4.51. The lowest BCUT2D eigenvalue weighted by Gasteiger charge is -2.10. The Balaban J connectivity index is 0.00000361. The number of anilines is 1. The number of aromatic amines is 1. The summed E-state index contributed by atoms with van der Waals surface area (Å²) in [5.41, 5.74) is 5.06. The number of hydrogen-bond acceptors (Lipinski definition) is 5. The quantitative estimate of drug-likeness (QED) is 0.217. The number of amides is 1. The number of benzene rings is 2. The van der Waals surface area contributed by atoms with Crippen LogP contribution in [0.2, 0.25) is 0 Å². The van der Waals surface area contributed by atoms with Crippen molar-refractivity contribution in [2.24, 2.45) is 0 Å². The Morgan fingerprint density at radius 3 is 2.73 bits per heavy atom. The van der Waals surface area contributed by atoms with Gasteiger partial charge >= 0.3 is 5.82 Å².